The van der Waals surface area contributed by atoms with Gasteiger partial charge in [-0.15, -0.1) is 0 Å². The lowest BCUT2D eigenvalue weighted by atomic mass is 10.2. The Hall–Kier alpha value is -1.17. The standard InChI is InChI=1S/C16H26N2O2S/c1-4-19-15(20-5-2)11-13(3)18-16(21)17-12-14-9-7-6-8-10-14/h6-10,13,15H,4-5,11-12H2,1-3H3,(H2,17,18,21)/t13-/m0/s1. The highest BCUT2D eigenvalue weighted by molar-refractivity contribution is 7.80. The van der Waals surface area contributed by atoms with Gasteiger partial charge in [0.25, 0.3) is 0 Å². The Morgan fingerprint density at radius 2 is 1.76 bits per heavy atom. The van der Waals surface area contributed by atoms with Crippen LogP contribution in [0.3, 0.4) is 0 Å². The Balaban J connectivity index is 2.29. The molecule has 0 spiro atoms. The first-order valence-corrected chi connectivity index (χ1v) is 7.88. The number of thiocarbonyl (C=S) groups is 1. The maximum atomic E-state index is 5.54. The highest BCUT2D eigenvalue weighted by atomic mass is 32.1. The summed E-state index contributed by atoms with van der Waals surface area (Å²) in [5.74, 6) is 0. The van der Waals surface area contributed by atoms with E-state index in [1.54, 1.807) is 0 Å². The summed E-state index contributed by atoms with van der Waals surface area (Å²) < 4.78 is 11.1. The van der Waals surface area contributed by atoms with E-state index in [1.807, 2.05) is 32.0 Å². The Labute approximate surface area is 133 Å². The number of ether oxygens (including phenoxy) is 2. The molecular weight excluding hydrogens is 284 g/mol. The minimum atomic E-state index is -0.181. The summed E-state index contributed by atoms with van der Waals surface area (Å²) >= 11 is 5.31. The van der Waals surface area contributed by atoms with Crippen molar-refractivity contribution in [2.24, 2.45) is 0 Å². The van der Waals surface area contributed by atoms with E-state index in [1.165, 1.54) is 5.56 Å². The lowest BCUT2D eigenvalue weighted by Crippen LogP contribution is -2.42. The van der Waals surface area contributed by atoms with Gasteiger partial charge in [0.2, 0.25) is 0 Å². The minimum absolute atomic E-state index is 0.181. The van der Waals surface area contributed by atoms with Crippen LogP contribution in [0.4, 0.5) is 0 Å². The third-order valence-electron chi connectivity index (χ3n) is 2.92. The molecule has 0 unspecified atom stereocenters. The molecule has 21 heavy (non-hydrogen) atoms. The number of hydrogen-bond donors (Lipinski definition) is 2. The first-order valence-electron chi connectivity index (χ1n) is 7.47. The van der Waals surface area contributed by atoms with E-state index in [0.717, 1.165) is 13.0 Å². The highest BCUT2D eigenvalue weighted by Gasteiger charge is 2.13. The fourth-order valence-corrected chi connectivity index (χ4v) is 2.23. The van der Waals surface area contributed by atoms with Gasteiger partial charge in [0.05, 0.1) is 0 Å². The van der Waals surface area contributed by atoms with Crippen LogP contribution < -0.4 is 10.6 Å². The van der Waals surface area contributed by atoms with Gasteiger partial charge >= 0.3 is 0 Å². The van der Waals surface area contributed by atoms with Crippen molar-refractivity contribution in [3.63, 3.8) is 0 Å². The summed E-state index contributed by atoms with van der Waals surface area (Å²) in [6.07, 6.45) is 0.578. The zero-order valence-electron chi connectivity index (χ0n) is 13.1. The Bertz CT molecular complexity index is 395. The molecule has 0 aliphatic heterocycles. The van der Waals surface area contributed by atoms with Gasteiger partial charge in [-0.2, -0.15) is 0 Å². The molecule has 0 saturated heterocycles. The van der Waals surface area contributed by atoms with Crippen molar-refractivity contribution in [1.82, 2.24) is 10.6 Å². The molecule has 0 fully saturated rings. The first-order chi connectivity index (χ1) is 10.2. The van der Waals surface area contributed by atoms with Crippen molar-refractivity contribution >= 4 is 17.3 Å². The molecule has 118 valence electrons. The molecule has 1 rings (SSSR count). The fraction of sp³-hybridized carbons (Fsp3) is 0.562. The average Bonchev–Trinajstić information content (AvgIpc) is 2.46. The Kier molecular flexibility index (Phi) is 8.98. The third-order valence-corrected chi connectivity index (χ3v) is 3.19. The molecule has 1 aromatic carbocycles. The van der Waals surface area contributed by atoms with E-state index < -0.39 is 0 Å². The van der Waals surface area contributed by atoms with Crippen LogP contribution in [0.1, 0.15) is 32.8 Å². The number of benzene rings is 1. The van der Waals surface area contributed by atoms with Crippen LogP contribution in [0.25, 0.3) is 0 Å². The maximum Gasteiger partial charge on any atom is 0.166 e. The molecule has 0 saturated carbocycles. The molecule has 0 aliphatic carbocycles. The third kappa shape index (κ3) is 7.99. The van der Waals surface area contributed by atoms with E-state index >= 15 is 0 Å². The summed E-state index contributed by atoms with van der Waals surface area (Å²) in [5.41, 5.74) is 1.20. The van der Waals surface area contributed by atoms with Crippen LogP contribution >= 0.6 is 12.2 Å². The molecular formula is C16H26N2O2S. The lowest BCUT2D eigenvalue weighted by Gasteiger charge is -2.22. The molecule has 1 aromatic rings. The largest absolute Gasteiger partial charge is 0.360 e. The maximum absolute atomic E-state index is 5.54. The van der Waals surface area contributed by atoms with Gasteiger partial charge in [-0.1, -0.05) is 30.3 Å². The van der Waals surface area contributed by atoms with E-state index in [9.17, 15) is 0 Å². The zero-order valence-corrected chi connectivity index (χ0v) is 13.9. The lowest BCUT2D eigenvalue weighted by molar-refractivity contribution is -0.141. The summed E-state index contributed by atoms with van der Waals surface area (Å²) in [6.45, 7) is 8.02. The van der Waals surface area contributed by atoms with Gasteiger partial charge < -0.3 is 20.1 Å². The van der Waals surface area contributed by atoms with Gasteiger partial charge in [0.15, 0.2) is 11.4 Å². The summed E-state index contributed by atoms with van der Waals surface area (Å²) in [5, 5.41) is 7.11. The second-order valence-electron chi connectivity index (χ2n) is 4.79. The number of hydrogen-bond acceptors (Lipinski definition) is 3. The smallest absolute Gasteiger partial charge is 0.166 e. The second-order valence-corrected chi connectivity index (χ2v) is 5.20. The van der Waals surface area contributed by atoms with Crippen molar-refractivity contribution in [3.8, 4) is 0 Å². The van der Waals surface area contributed by atoms with E-state index in [2.05, 4.69) is 29.7 Å². The highest BCUT2D eigenvalue weighted by Crippen LogP contribution is 2.05. The zero-order chi connectivity index (χ0) is 15.5. The molecule has 0 radical (unpaired) electrons. The summed E-state index contributed by atoms with van der Waals surface area (Å²) in [6, 6.07) is 10.4. The summed E-state index contributed by atoms with van der Waals surface area (Å²) in [7, 11) is 0. The second kappa shape index (κ2) is 10.5. The molecule has 1 atom stereocenters. The van der Waals surface area contributed by atoms with Gasteiger partial charge in [0.1, 0.15) is 0 Å². The van der Waals surface area contributed by atoms with Crippen LogP contribution in [0.15, 0.2) is 30.3 Å². The monoisotopic (exact) mass is 310 g/mol. The quantitative estimate of drug-likeness (QED) is 0.542. The van der Waals surface area contributed by atoms with Crippen molar-refractivity contribution in [2.45, 2.75) is 46.1 Å². The van der Waals surface area contributed by atoms with Gasteiger partial charge in [0, 0.05) is 32.2 Å². The Morgan fingerprint density at radius 3 is 2.33 bits per heavy atom. The van der Waals surface area contributed by atoms with Crippen molar-refractivity contribution in [2.75, 3.05) is 13.2 Å². The number of rotatable bonds is 9. The molecule has 0 aromatic heterocycles. The number of nitrogens with one attached hydrogen (secondary N) is 2. The molecule has 0 aliphatic rings. The SMILES string of the molecule is CCOC(C[C@H](C)NC(=S)NCc1ccccc1)OCC. The van der Waals surface area contributed by atoms with Gasteiger partial charge in [-0.05, 0) is 38.6 Å². The van der Waals surface area contributed by atoms with Crippen LogP contribution in [-0.2, 0) is 16.0 Å². The molecule has 0 amide bonds. The van der Waals surface area contributed by atoms with Crippen molar-refractivity contribution < 1.29 is 9.47 Å². The summed E-state index contributed by atoms with van der Waals surface area (Å²) in [4.78, 5) is 0. The van der Waals surface area contributed by atoms with E-state index in [-0.39, 0.29) is 12.3 Å². The van der Waals surface area contributed by atoms with Crippen LogP contribution in [-0.4, -0.2) is 30.7 Å². The van der Waals surface area contributed by atoms with Crippen molar-refractivity contribution in [1.29, 1.82) is 0 Å². The average molecular weight is 310 g/mol. The van der Waals surface area contributed by atoms with Crippen LogP contribution in [0.5, 0.6) is 0 Å². The predicted molar refractivity (Wildman–Crippen MR) is 90.1 cm³/mol. The topological polar surface area (TPSA) is 42.5 Å². The van der Waals surface area contributed by atoms with Gasteiger partial charge in [-0.3, -0.25) is 0 Å². The molecule has 0 bridgehead atoms. The Morgan fingerprint density at radius 1 is 1.14 bits per heavy atom. The van der Waals surface area contributed by atoms with Crippen LogP contribution in [0.2, 0.25) is 0 Å². The minimum Gasteiger partial charge on any atom is -0.360 e. The molecule has 2 N–H and O–H groups in total. The first kappa shape index (κ1) is 17.9. The predicted octanol–water partition coefficient (Wildman–Crippen LogP) is 2.83. The van der Waals surface area contributed by atoms with Gasteiger partial charge in [-0.25, -0.2) is 0 Å². The van der Waals surface area contributed by atoms with Crippen LogP contribution in [0, 0.1) is 0 Å². The molecule has 4 nitrogen and oxygen atoms in total. The van der Waals surface area contributed by atoms with E-state index in [0.29, 0.717) is 18.3 Å². The fourth-order valence-electron chi connectivity index (χ4n) is 1.96. The van der Waals surface area contributed by atoms with E-state index in [4.69, 9.17) is 21.7 Å². The van der Waals surface area contributed by atoms with Crippen molar-refractivity contribution in [3.05, 3.63) is 35.9 Å². The molecule has 0 heterocycles. The normalized spacial score (nSPS) is 12.2. The molecule has 5 heteroatoms.